The van der Waals surface area contributed by atoms with Crippen molar-refractivity contribution < 1.29 is 4.39 Å². The van der Waals surface area contributed by atoms with Crippen molar-refractivity contribution >= 4 is 15.9 Å². The van der Waals surface area contributed by atoms with E-state index in [1.54, 1.807) is 6.07 Å². The van der Waals surface area contributed by atoms with Crippen molar-refractivity contribution in [3.8, 4) is 0 Å². The van der Waals surface area contributed by atoms with Crippen LogP contribution < -0.4 is 5.73 Å². The van der Waals surface area contributed by atoms with E-state index in [9.17, 15) is 4.39 Å². The second-order valence-corrected chi connectivity index (χ2v) is 6.24. The summed E-state index contributed by atoms with van der Waals surface area (Å²) in [6.07, 6.45) is 3.66. The first kappa shape index (κ1) is 14.9. The molecule has 0 aliphatic carbocycles. The van der Waals surface area contributed by atoms with Gasteiger partial charge in [-0.3, -0.25) is 4.90 Å². The van der Waals surface area contributed by atoms with Crippen LogP contribution in [0, 0.1) is 11.7 Å². The van der Waals surface area contributed by atoms with Gasteiger partial charge in [0.05, 0.1) is 0 Å². The number of nitrogens with zero attached hydrogens (tertiary/aromatic N) is 1. The Hall–Kier alpha value is -0.450. The highest BCUT2D eigenvalue weighted by Gasteiger charge is 2.27. The molecule has 1 fully saturated rings. The summed E-state index contributed by atoms with van der Waals surface area (Å²) >= 11 is 3.42. The monoisotopic (exact) mass is 328 g/mol. The minimum Gasteiger partial charge on any atom is -0.329 e. The van der Waals surface area contributed by atoms with Crippen molar-refractivity contribution in [1.82, 2.24) is 4.90 Å². The normalized spacial score (nSPS) is 22.4. The molecule has 106 valence electrons. The Balaban J connectivity index is 2.21. The van der Waals surface area contributed by atoms with Crippen LogP contribution in [0.5, 0.6) is 0 Å². The Bertz CT molecular complexity index is 425. The molecule has 0 aromatic heterocycles. The zero-order valence-corrected chi connectivity index (χ0v) is 13.0. The minimum absolute atomic E-state index is 0.00755. The van der Waals surface area contributed by atoms with Gasteiger partial charge in [0.15, 0.2) is 0 Å². The average molecular weight is 329 g/mol. The zero-order valence-electron chi connectivity index (χ0n) is 11.4. The molecule has 2 nitrogen and oxygen atoms in total. The first-order chi connectivity index (χ1) is 9.15. The van der Waals surface area contributed by atoms with Gasteiger partial charge in [-0.1, -0.05) is 29.3 Å². The number of likely N-dealkylation sites (tertiary alicyclic amines) is 1. The lowest BCUT2D eigenvalue weighted by atomic mass is 9.93. The highest BCUT2D eigenvalue weighted by atomic mass is 79.9. The highest BCUT2D eigenvalue weighted by Crippen LogP contribution is 2.30. The number of hydrogen-bond acceptors (Lipinski definition) is 2. The van der Waals surface area contributed by atoms with Crippen LogP contribution >= 0.6 is 15.9 Å². The molecule has 2 unspecified atom stereocenters. The third kappa shape index (κ3) is 3.56. The lowest BCUT2D eigenvalue weighted by Crippen LogP contribution is -2.41. The molecule has 0 saturated carbocycles. The lowest BCUT2D eigenvalue weighted by Gasteiger charge is -2.38. The Kier molecular flexibility index (Phi) is 5.37. The van der Waals surface area contributed by atoms with E-state index >= 15 is 0 Å². The predicted octanol–water partition coefficient (Wildman–Crippen LogP) is 3.71. The van der Waals surface area contributed by atoms with E-state index < -0.39 is 0 Å². The molecule has 0 radical (unpaired) electrons. The maximum atomic E-state index is 14.0. The topological polar surface area (TPSA) is 29.3 Å². The first-order valence-electron chi connectivity index (χ1n) is 7.04. The van der Waals surface area contributed by atoms with E-state index in [4.69, 9.17) is 5.73 Å². The molecule has 1 saturated heterocycles. The maximum absolute atomic E-state index is 14.0. The molecular weight excluding hydrogens is 307 g/mol. The summed E-state index contributed by atoms with van der Waals surface area (Å²) in [4.78, 5) is 2.35. The molecule has 19 heavy (non-hydrogen) atoms. The van der Waals surface area contributed by atoms with Gasteiger partial charge in [0.2, 0.25) is 0 Å². The van der Waals surface area contributed by atoms with Crippen LogP contribution in [-0.4, -0.2) is 24.5 Å². The molecule has 1 aliphatic heterocycles. The van der Waals surface area contributed by atoms with E-state index in [1.807, 2.05) is 6.07 Å². The summed E-state index contributed by atoms with van der Waals surface area (Å²) in [5.74, 6) is 0.565. The minimum atomic E-state index is -0.155. The van der Waals surface area contributed by atoms with Crippen LogP contribution in [0.4, 0.5) is 4.39 Å². The van der Waals surface area contributed by atoms with Crippen LogP contribution in [0.15, 0.2) is 22.7 Å². The molecule has 1 aromatic rings. The van der Waals surface area contributed by atoms with Crippen molar-refractivity contribution in [2.45, 2.75) is 32.2 Å². The third-order valence-electron chi connectivity index (χ3n) is 4.11. The molecule has 4 heteroatoms. The van der Waals surface area contributed by atoms with Crippen LogP contribution in [0.2, 0.25) is 0 Å². The van der Waals surface area contributed by atoms with Gasteiger partial charge in [-0.25, -0.2) is 4.39 Å². The van der Waals surface area contributed by atoms with E-state index in [0.29, 0.717) is 12.1 Å². The Labute approximate surface area is 123 Å². The van der Waals surface area contributed by atoms with E-state index in [1.165, 1.54) is 25.3 Å². The van der Waals surface area contributed by atoms with E-state index in [2.05, 4.69) is 27.8 Å². The first-order valence-corrected chi connectivity index (χ1v) is 7.84. The summed E-state index contributed by atoms with van der Waals surface area (Å²) in [6.45, 7) is 4.74. The van der Waals surface area contributed by atoms with Gasteiger partial charge in [-0.15, -0.1) is 0 Å². The molecule has 1 aliphatic rings. The predicted molar refractivity (Wildman–Crippen MR) is 80.5 cm³/mol. The number of hydrogen-bond donors (Lipinski definition) is 1. The Morgan fingerprint density at radius 3 is 3.00 bits per heavy atom. The molecule has 1 heterocycles. The highest BCUT2D eigenvalue weighted by molar-refractivity contribution is 9.10. The molecule has 0 spiro atoms. The molecule has 2 N–H and O–H groups in total. The molecule has 2 rings (SSSR count). The fraction of sp³-hybridized carbons (Fsp3) is 0.600. The lowest BCUT2D eigenvalue weighted by molar-refractivity contribution is 0.122. The van der Waals surface area contributed by atoms with Gasteiger partial charge >= 0.3 is 0 Å². The standard InChI is InChI=1S/C15H22BrFN2/c1-2-11-4-3-7-19(10-11)15(9-18)13-8-12(16)5-6-14(13)17/h5-6,8,11,15H,2-4,7,9-10,18H2,1H3. The van der Waals surface area contributed by atoms with Crippen LogP contribution in [0.25, 0.3) is 0 Å². The van der Waals surface area contributed by atoms with Crippen molar-refractivity contribution in [3.05, 3.63) is 34.1 Å². The maximum Gasteiger partial charge on any atom is 0.128 e. The SMILES string of the molecule is CCC1CCCN(C(CN)c2cc(Br)ccc2F)C1. The second kappa shape index (κ2) is 6.82. The quantitative estimate of drug-likeness (QED) is 0.912. The summed E-state index contributed by atoms with van der Waals surface area (Å²) in [5.41, 5.74) is 6.63. The van der Waals surface area contributed by atoms with Crippen LogP contribution in [0.3, 0.4) is 0 Å². The average Bonchev–Trinajstić information content (AvgIpc) is 2.44. The fourth-order valence-electron chi connectivity index (χ4n) is 2.96. The summed E-state index contributed by atoms with van der Waals surface area (Å²) in [6, 6.07) is 5.11. The van der Waals surface area contributed by atoms with Gasteiger partial charge in [0.25, 0.3) is 0 Å². The van der Waals surface area contributed by atoms with Crippen molar-refractivity contribution in [1.29, 1.82) is 0 Å². The molecule has 0 amide bonds. The van der Waals surface area contributed by atoms with E-state index in [0.717, 1.165) is 23.5 Å². The number of nitrogens with two attached hydrogens (primary N) is 1. The number of rotatable bonds is 4. The molecule has 1 aromatic carbocycles. The van der Waals surface area contributed by atoms with Gasteiger partial charge in [0.1, 0.15) is 5.82 Å². The Morgan fingerprint density at radius 2 is 2.32 bits per heavy atom. The van der Waals surface area contributed by atoms with Gasteiger partial charge in [-0.05, 0) is 43.5 Å². The number of halogens is 2. The van der Waals surface area contributed by atoms with Crippen LogP contribution in [-0.2, 0) is 0 Å². The van der Waals surface area contributed by atoms with Crippen molar-refractivity contribution in [3.63, 3.8) is 0 Å². The Morgan fingerprint density at radius 1 is 1.53 bits per heavy atom. The van der Waals surface area contributed by atoms with Gasteiger partial charge in [-0.2, -0.15) is 0 Å². The second-order valence-electron chi connectivity index (χ2n) is 5.33. The smallest absolute Gasteiger partial charge is 0.128 e. The third-order valence-corrected chi connectivity index (χ3v) is 4.60. The number of piperidine rings is 1. The summed E-state index contributed by atoms with van der Waals surface area (Å²) in [7, 11) is 0. The summed E-state index contributed by atoms with van der Waals surface area (Å²) < 4.78 is 14.9. The van der Waals surface area contributed by atoms with E-state index in [-0.39, 0.29) is 11.9 Å². The van der Waals surface area contributed by atoms with Gasteiger partial charge < -0.3 is 5.73 Å². The molecule has 2 atom stereocenters. The molecule has 0 bridgehead atoms. The fourth-order valence-corrected chi connectivity index (χ4v) is 3.34. The van der Waals surface area contributed by atoms with Crippen LogP contribution in [0.1, 0.15) is 37.8 Å². The summed E-state index contributed by atoms with van der Waals surface area (Å²) in [5, 5.41) is 0. The van der Waals surface area contributed by atoms with Crippen molar-refractivity contribution in [2.24, 2.45) is 11.7 Å². The number of benzene rings is 1. The van der Waals surface area contributed by atoms with Crippen molar-refractivity contribution in [2.75, 3.05) is 19.6 Å². The van der Waals surface area contributed by atoms with Gasteiger partial charge in [0, 0.05) is 29.2 Å². The largest absolute Gasteiger partial charge is 0.329 e. The zero-order chi connectivity index (χ0) is 13.8. The molecular formula is C15H22BrFN2.